The van der Waals surface area contributed by atoms with Crippen LogP contribution in [-0.2, 0) is 24.5 Å². The van der Waals surface area contributed by atoms with Crippen LogP contribution in [0.25, 0.3) is 0 Å². The van der Waals surface area contributed by atoms with Crippen molar-refractivity contribution in [3.8, 4) is 0 Å². The Labute approximate surface area is 109 Å². The number of anilines is 1. The fourth-order valence-electron chi connectivity index (χ4n) is 0.732. The zero-order valence-corrected chi connectivity index (χ0v) is 10.2. The highest BCUT2D eigenvalue weighted by Gasteiger charge is 2.32. The van der Waals surface area contributed by atoms with Gasteiger partial charge in [0.15, 0.2) is 0 Å². The molecule has 0 aliphatic heterocycles. The lowest BCUT2D eigenvalue weighted by atomic mass is 10.3. The summed E-state index contributed by atoms with van der Waals surface area (Å²) in [4.78, 5) is 32.7. The number of aryl methyl sites for hydroxylation is 1. The van der Waals surface area contributed by atoms with E-state index < -0.39 is 46.3 Å². The number of phosphoric acid groups is 2. The van der Waals surface area contributed by atoms with Gasteiger partial charge in [-0.05, 0) is 6.85 Å². The van der Waals surface area contributed by atoms with Crippen LogP contribution in [0.3, 0.4) is 0 Å². The van der Waals surface area contributed by atoms with E-state index in [1.807, 2.05) is 0 Å². The summed E-state index contributed by atoms with van der Waals surface area (Å²) in [5.74, 6) is -1.42. The van der Waals surface area contributed by atoms with Gasteiger partial charge in [-0.2, -0.15) is 4.31 Å². The highest BCUT2D eigenvalue weighted by atomic mass is 31.3. The number of nitrogens with two attached hydrogens (primary N) is 1. The molecule has 5 N–H and O–H groups in total. The molecule has 0 spiro atoms. The highest BCUT2D eigenvalue weighted by Crippen LogP contribution is 2.57. The zero-order valence-electron chi connectivity index (χ0n) is 13.4. The fraction of sp³-hybridized carbons (Fsp3) is 0.333. The van der Waals surface area contributed by atoms with E-state index >= 15 is 0 Å². The first-order valence-corrected chi connectivity index (χ1v) is 7.00. The second kappa shape index (κ2) is 5.41. The molecule has 12 heteroatoms. The van der Waals surface area contributed by atoms with Crippen LogP contribution in [0.15, 0.2) is 6.20 Å². The fourth-order valence-corrected chi connectivity index (χ4v) is 2.15. The van der Waals surface area contributed by atoms with Crippen molar-refractivity contribution < 1.29 is 39.5 Å². The molecular formula is C6H11N3O7P2. The maximum atomic E-state index is 11.4. The Morgan fingerprint density at radius 1 is 1.56 bits per heavy atom. The van der Waals surface area contributed by atoms with Crippen LogP contribution in [0.1, 0.15) is 18.2 Å². The molecule has 1 aromatic heterocycles. The number of phosphoric ester groups is 1. The second-order valence-electron chi connectivity index (χ2n) is 2.73. The minimum absolute atomic E-state index is 0.599. The number of aromatic nitrogens is 2. The van der Waals surface area contributed by atoms with Crippen LogP contribution in [-0.4, -0.2) is 24.6 Å². The molecule has 10 nitrogen and oxygen atoms in total. The summed E-state index contributed by atoms with van der Waals surface area (Å²) in [5, 5.41) is 0. The number of hydrogen-bond donors (Lipinski definition) is 4. The zero-order chi connectivity index (χ0) is 18.3. The van der Waals surface area contributed by atoms with E-state index in [2.05, 4.69) is 18.8 Å². The summed E-state index contributed by atoms with van der Waals surface area (Å²) < 4.78 is 65.5. The molecule has 0 aliphatic rings. The van der Waals surface area contributed by atoms with Crippen molar-refractivity contribution >= 4 is 21.5 Å². The van der Waals surface area contributed by atoms with Crippen LogP contribution in [0.5, 0.6) is 0 Å². The summed E-state index contributed by atoms with van der Waals surface area (Å²) in [6, 6.07) is 0. The number of rotatable bonds is 5. The Morgan fingerprint density at radius 3 is 2.72 bits per heavy atom. The normalized spacial score (nSPS) is 20.9. The standard InChI is InChI=1S/C6H11N3O7P2/c1-4-8-2-5(6(7)9-4)3-15-18(13,14)16-17(10,11)12/h2H,3H2,1H3,(H,13,14)(H2,7,8,9)(H2,10,11,12)/i1D3,3D2. The van der Waals surface area contributed by atoms with E-state index in [4.69, 9.17) is 27.3 Å². The first kappa shape index (κ1) is 9.11. The van der Waals surface area contributed by atoms with Gasteiger partial charge in [0.25, 0.3) is 0 Å². The third-order valence-electron chi connectivity index (χ3n) is 1.30. The molecule has 18 heavy (non-hydrogen) atoms. The van der Waals surface area contributed by atoms with Crippen LogP contribution in [0, 0.1) is 6.85 Å². The molecule has 1 atom stereocenters. The first-order chi connectivity index (χ1) is 10.0. The van der Waals surface area contributed by atoms with Crippen molar-refractivity contribution in [3.63, 3.8) is 0 Å². The van der Waals surface area contributed by atoms with Crippen LogP contribution >= 0.6 is 15.6 Å². The van der Waals surface area contributed by atoms with Crippen molar-refractivity contribution in [1.29, 1.82) is 0 Å². The largest absolute Gasteiger partial charge is 0.481 e. The van der Waals surface area contributed by atoms with E-state index in [1.54, 1.807) is 0 Å². The number of nitrogens with zero attached hydrogens (tertiary/aromatic N) is 2. The Balaban J connectivity index is 3.14. The van der Waals surface area contributed by atoms with Crippen LogP contribution in [0.4, 0.5) is 5.82 Å². The Hall–Kier alpha value is -0.860. The van der Waals surface area contributed by atoms with Gasteiger partial charge >= 0.3 is 15.6 Å². The van der Waals surface area contributed by atoms with E-state index in [0.29, 0.717) is 6.20 Å². The monoisotopic (exact) mass is 304 g/mol. The minimum Gasteiger partial charge on any atom is -0.383 e. The molecule has 0 saturated heterocycles. The summed E-state index contributed by atoms with van der Waals surface area (Å²) in [6.07, 6.45) is 0.599. The summed E-state index contributed by atoms with van der Waals surface area (Å²) in [7, 11) is -11.0. The van der Waals surface area contributed by atoms with Gasteiger partial charge in [-0.25, -0.2) is 19.1 Å². The quantitative estimate of drug-likeness (QED) is 0.547. The molecule has 1 heterocycles. The van der Waals surface area contributed by atoms with E-state index in [1.165, 1.54) is 0 Å². The average Bonchev–Trinajstić information content (AvgIpc) is 2.21. The maximum Gasteiger partial charge on any atom is 0.481 e. The molecule has 0 fully saturated rings. The van der Waals surface area contributed by atoms with Crippen LogP contribution in [0.2, 0.25) is 0 Å². The lowest BCUT2D eigenvalue weighted by molar-refractivity contribution is 0.172. The maximum absolute atomic E-state index is 11.4. The average molecular weight is 304 g/mol. The topological polar surface area (TPSA) is 165 Å². The SMILES string of the molecule is [2H]C([2H])([2H])c1ncc(C([2H])([2H])OP(=O)(O)OP(=O)(O)O)c(N)n1. The van der Waals surface area contributed by atoms with Crippen molar-refractivity contribution in [1.82, 2.24) is 9.97 Å². The smallest absolute Gasteiger partial charge is 0.383 e. The summed E-state index contributed by atoms with van der Waals surface area (Å²) in [5.41, 5.74) is 4.62. The predicted octanol–water partition coefficient (Wildman–Crippen LogP) is 0.0935. The van der Waals surface area contributed by atoms with Gasteiger partial charge in [-0.1, -0.05) is 0 Å². The third kappa shape index (κ3) is 5.19. The van der Waals surface area contributed by atoms with Gasteiger partial charge in [0, 0.05) is 15.9 Å². The highest BCUT2D eigenvalue weighted by molar-refractivity contribution is 7.60. The molecule has 1 rings (SSSR count). The van der Waals surface area contributed by atoms with E-state index in [-0.39, 0.29) is 0 Å². The summed E-state index contributed by atoms with van der Waals surface area (Å²) in [6.45, 7) is -5.94. The molecule has 1 unspecified atom stereocenters. The molecule has 102 valence electrons. The number of hydrogen-bond acceptors (Lipinski definition) is 7. The van der Waals surface area contributed by atoms with Crippen molar-refractivity contribution in [2.75, 3.05) is 5.73 Å². The second-order valence-corrected chi connectivity index (χ2v) is 5.48. The Kier molecular flexibility index (Phi) is 2.74. The van der Waals surface area contributed by atoms with Crippen molar-refractivity contribution in [2.24, 2.45) is 0 Å². The number of nitrogen functional groups attached to an aromatic ring is 1. The van der Waals surface area contributed by atoms with Crippen LogP contribution < -0.4 is 5.73 Å². The van der Waals surface area contributed by atoms with Gasteiger partial charge < -0.3 is 20.4 Å². The Morgan fingerprint density at radius 2 is 2.22 bits per heavy atom. The van der Waals surface area contributed by atoms with Gasteiger partial charge in [0.2, 0.25) is 0 Å². The van der Waals surface area contributed by atoms with Crippen molar-refractivity contribution in [2.45, 2.75) is 13.4 Å². The van der Waals surface area contributed by atoms with Gasteiger partial charge in [-0.3, -0.25) is 4.52 Å². The van der Waals surface area contributed by atoms with E-state index in [9.17, 15) is 9.13 Å². The molecule has 0 aromatic carbocycles. The molecule has 1 aromatic rings. The predicted molar refractivity (Wildman–Crippen MR) is 58.9 cm³/mol. The molecule has 0 radical (unpaired) electrons. The third-order valence-corrected chi connectivity index (χ3v) is 3.30. The Bertz CT molecular complexity index is 692. The molecule has 0 bridgehead atoms. The molecule has 0 amide bonds. The van der Waals surface area contributed by atoms with Crippen molar-refractivity contribution in [3.05, 3.63) is 17.6 Å². The lowest BCUT2D eigenvalue weighted by Crippen LogP contribution is -2.03. The first-order valence-electron chi connectivity index (χ1n) is 6.47. The van der Waals surface area contributed by atoms with Gasteiger partial charge in [-0.15, -0.1) is 0 Å². The minimum atomic E-state index is -5.53. The van der Waals surface area contributed by atoms with Gasteiger partial charge in [0.1, 0.15) is 11.6 Å². The molecule has 0 aliphatic carbocycles. The molecular weight excluding hydrogens is 288 g/mol. The molecule has 0 saturated carbocycles. The summed E-state index contributed by atoms with van der Waals surface area (Å²) >= 11 is 0. The van der Waals surface area contributed by atoms with E-state index in [0.717, 1.165) is 0 Å². The lowest BCUT2D eigenvalue weighted by Gasteiger charge is -2.12. The van der Waals surface area contributed by atoms with Gasteiger partial charge in [0.05, 0.1) is 9.30 Å².